The third-order valence-corrected chi connectivity index (χ3v) is 7.26. The smallest absolute Gasteiger partial charge is 0.242 e. The molecule has 36 heavy (non-hydrogen) atoms. The lowest BCUT2D eigenvalue weighted by molar-refractivity contribution is -0.140. The average Bonchev–Trinajstić information content (AvgIpc) is 3.27. The van der Waals surface area contributed by atoms with Crippen LogP contribution in [0.1, 0.15) is 39.2 Å². The fourth-order valence-corrected chi connectivity index (χ4v) is 4.99. The van der Waals surface area contributed by atoms with Crippen molar-refractivity contribution in [2.24, 2.45) is 0 Å². The van der Waals surface area contributed by atoms with Crippen molar-refractivity contribution in [1.29, 1.82) is 0 Å². The summed E-state index contributed by atoms with van der Waals surface area (Å²) < 4.78 is 36.9. The third kappa shape index (κ3) is 7.04. The highest BCUT2D eigenvalue weighted by Crippen LogP contribution is 2.36. The van der Waals surface area contributed by atoms with Gasteiger partial charge in [-0.1, -0.05) is 29.8 Å². The Kier molecular flexibility index (Phi) is 9.08. The van der Waals surface area contributed by atoms with E-state index in [4.69, 9.17) is 21.1 Å². The number of ether oxygens (including phenoxy) is 2. The Balaban J connectivity index is 1.74. The van der Waals surface area contributed by atoms with E-state index in [9.17, 15) is 18.0 Å². The molecule has 196 valence electrons. The van der Waals surface area contributed by atoms with E-state index < -0.39 is 16.1 Å². The van der Waals surface area contributed by atoms with Gasteiger partial charge in [-0.3, -0.25) is 13.9 Å². The second-order valence-electron chi connectivity index (χ2n) is 8.93. The molecule has 1 N–H and O–H groups in total. The first kappa shape index (κ1) is 27.6. The number of benzene rings is 2. The van der Waals surface area contributed by atoms with Crippen LogP contribution in [0.15, 0.2) is 42.5 Å². The summed E-state index contributed by atoms with van der Waals surface area (Å²) in [5.74, 6) is 0.461. The Hall–Kier alpha value is -2.98. The van der Waals surface area contributed by atoms with Crippen molar-refractivity contribution in [2.75, 3.05) is 23.9 Å². The monoisotopic (exact) mass is 537 g/mol. The Bertz CT molecular complexity index is 1200. The summed E-state index contributed by atoms with van der Waals surface area (Å²) in [6, 6.07) is 11.2. The number of nitrogens with zero attached hydrogens (tertiary/aromatic N) is 2. The summed E-state index contributed by atoms with van der Waals surface area (Å²) in [5.41, 5.74) is 1.14. The SMILES string of the molecule is CC(C)NC(=O)C(C)N(Cc1ccccc1Cl)C(=O)CCCN(c1ccc2c(c1)OCO2)S(C)(=O)=O. The highest BCUT2D eigenvalue weighted by molar-refractivity contribution is 7.92. The Labute approximate surface area is 217 Å². The van der Waals surface area contributed by atoms with Crippen molar-refractivity contribution in [3.8, 4) is 11.5 Å². The van der Waals surface area contributed by atoms with Crippen molar-refractivity contribution in [1.82, 2.24) is 10.2 Å². The lowest BCUT2D eigenvalue weighted by Gasteiger charge is -2.30. The summed E-state index contributed by atoms with van der Waals surface area (Å²) in [4.78, 5) is 27.5. The van der Waals surface area contributed by atoms with Crippen molar-refractivity contribution >= 4 is 39.1 Å². The summed E-state index contributed by atoms with van der Waals surface area (Å²) in [7, 11) is -3.62. The molecule has 0 radical (unpaired) electrons. The standard InChI is InChI=1S/C25H32ClN3O6S/c1-17(2)27-25(31)18(3)28(15-19-8-5-6-9-21(19)26)24(30)10-7-13-29(36(4,32)33)20-11-12-22-23(14-20)35-16-34-22/h5-6,8-9,11-12,14,17-18H,7,10,13,15-16H2,1-4H3,(H,27,31). The highest BCUT2D eigenvalue weighted by atomic mass is 35.5. The molecule has 1 aliphatic heterocycles. The number of carbonyl (C=O) groups is 2. The summed E-state index contributed by atoms with van der Waals surface area (Å²) in [6.45, 7) is 5.68. The number of sulfonamides is 1. The lowest BCUT2D eigenvalue weighted by atomic mass is 10.1. The van der Waals surface area contributed by atoms with Gasteiger partial charge in [0.2, 0.25) is 28.6 Å². The van der Waals surface area contributed by atoms with Gasteiger partial charge in [0.1, 0.15) is 6.04 Å². The third-order valence-electron chi connectivity index (χ3n) is 5.69. The van der Waals surface area contributed by atoms with Crippen molar-refractivity contribution in [3.63, 3.8) is 0 Å². The number of anilines is 1. The molecule has 1 heterocycles. The van der Waals surface area contributed by atoms with Crippen LogP contribution in [0.5, 0.6) is 11.5 Å². The molecule has 0 spiro atoms. The first-order valence-corrected chi connectivity index (χ1v) is 13.9. The largest absolute Gasteiger partial charge is 0.454 e. The van der Waals surface area contributed by atoms with Crippen LogP contribution in [0, 0.1) is 0 Å². The maximum absolute atomic E-state index is 13.3. The Morgan fingerprint density at radius 3 is 2.44 bits per heavy atom. The predicted octanol–water partition coefficient (Wildman–Crippen LogP) is 3.56. The minimum Gasteiger partial charge on any atom is -0.454 e. The van der Waals surface area contributed by atoms with Crippen LogP contribution in [0.3, 0.4) is 0 Å². The van der Waals surface area contributed by atoms with Gasteiger partial charge in [0, 0.05) is 36.6 Å². The number of fused-ring (bicyclic) bond motifs is 1. The Morgan fingerprint density at radius 1 is 1.08 bits per heavy atom. The van der Waals surface area contributed by atoms with Gasteiger partial charge in [-0.2, -0.15) is 0 Å². The zero-order valence-corrected chi connectivity index (χ0v) is 22.4. The number of amides is 2. The maximum Gasteiger partial charge on any atom is 0.242 e. The van der Waals surface area contributed by atoms with Crippen molar-refractivity contribution < 1.29 is 27.5 Å². The summed E-state index contributed by atoms with van der Waals surface area (Å²) in [5, 5.41) is 3.34. The van der Waals surface area contributed by atoms with Crippen LogP contribution in [-0.2, 0) is 26.2 Å². The van der Waals surface area contributed by atoms with Crippen molar-refractivity contribution in [2.45, 2.75) is 52.2 Å². The van der Waals surface area contributed by atoms with E-state index in [-0.39, 0.29) is 50.6 Å². The zero-order valence-electron chi connectivity index (χ0n) is 20.9. The molecule has 1 atom stereocenters. The van der Waals surface area contributed by atoms with E-state index in [2.05, 4.69) is 5.32 Å². The molecule has 1 aliphatic rings. The van der Waals surface area contributed by atoms with Gasteiger partial charge in [0.05, 0.1) is 11.9 Å². The number of halogens is 1. The molecular weight excluding hydrogens is 506 g/mol. The molecule has 0 aromatic heterocycles. The van der Waals surface area contributed by atoms with E-state index >= 15 is 0 Å². The molecule has 9 nitrogen and oxygen atoms in total. The molecule has 2 aromatic carbocycles. The van der Waals surface area contributed by atoms with Gasteiger partial charge >= 0.3 is 0 Å². The lowest BCUT2D eigenvalue weighted by Crippen LogP contribution is -2.49. The molecule has 0 saturated carbocycles. The molecule has 11 heteroatoms. The quantitative estimate of drug-likeness (QED) is 0.470. The maximum atomic E-state index is 13.3. The van der Waals surface area contributed by atoms with E-state index in [0.29, 0.717) is 22.2 Å². The molecular formula is C25H32ClN3O6S. The molecule has 2 aromatic rings. The number of hydrogen-bond donors (Lipinski definition) is 1. The van der Waals surface area contributed by atoms with Crippen LogP contribution in [0.2, 0.25) is 5.02 Å². The second kappa shape index (κ2) is 11.8. The predicted molar refractivity (Wildman–Crippen MR) is 139 cm³/mol. The fraction of sp³-hybridized carbons (Fsp3) is 0.440. The van der Waals surface area contributed by atoms with Gasteiger partial charge in [0.15, 0.2) is 11.5 Å². The number of rotatable bonds is 11. The molecule has 3 rings (SSSR count). The van der Waals surface area contributed by atoms with E-state index in [1.165, 1.54) is 9.21 Å². The number of nitrogens with one attached hydrogen (secondary N) is 1. The van der Waals surface area contributed by atoms with Gasteiger partial charge in [0.25, 0.3) is 0 Å². The van der Waals surface area contributed by atoms with E-state index in [1.54, 1.807) is 43.3 Å². The number of carbonyl (C=O) groups excluding carboxylic acids is 2. The first-order valence-electron chi connectivity index (χ1n) is 11.7. The van der Waals surface area contributed by atoms with E-state index in [1.807, 2.05) is 19.9 Å². The molecule has 0 aliphatic carbocycles. The minimum atomic E-state index is -3.62. The Morgan fingerprint density at radius 2 is 1.78 bits per heavy atom. The highest BCUT2D eigenvalue weighted by Gasteiger charge is 2.28. The molecule has 0 bridgehead atoms. The van der Waals surface area contributed by atoms with Gasteiger partial charge in [-0.05, 0) is 51.0 Å². The van der Waals surface area contributed by atoms with Crippen LogP contribution in [-0.4, -0.2) is 56.8 Å². The molecule has 0 fully saturated rings. The van der Waals surface area contributed by atoms with Crippen LogP contribution in [0.4, 0.5) is 5.69 Å². The fourth-order valence-electron chi connectivity index (χ4n) is 3.84. The summed E-state index contributed by atoms with van der Waals surface area (Å²) in [6.07, 6.45) is 1.40. The summed E-state index contributed by atoms with van der Waals surface area (Å²) >= 11 is 6.31. The normalized spacial score (nSPS) is 13.4. The second-order valence-corrected chi connectivity index (χ2v) is 11.2. The van der Waals surface area contributed by atoms with Crippen LogP contribution < -0.4 is 19.1 Å². The average molecular weight is 538 g/mol. The minimum absolute atomic E-state index is 0.0420. The van der Waals surface area contributed by atoms with Gasteiger partial charge in [-0.15, -0.1) is 0 Å². The molecule has 1 unspecified atom stereocenters. The molecule has 2 amide bonds. The van der Waals surface area contributed by atoms with Crippen LogP contribution >= 0.6 is 11.6 Å². The topological polar surface area (TPSA) is 105 Å². The van der Waals surface area contributed by atoms with E-state index in [0.717, 1.165) is 11.8 Å². The number of hydrogen-bond acceptors (Lipinski definition) is 6. The van der Waals surface area contributed by atoms with Gasteiger partial charge < -0.3 is 19.7 Å². The first-order chi connectivity index (χ1) is 17.0. The zero-order chi connectivity index (χ0) is 26.5. The molecule has 0 saturated heterocycles. The van der Waals surface area contributed by atoms with Crippen molar-refractivity contribution in [3.05, 3.63) is 53.1 Å². The van der Waals surface area contributed by atoms with Gasteiger partial charge in [-0.25, -0.2) is 8.42 Å². The van der Waals surface area contributed by atoms with Crippen LogP contribution in [0.25, 0.3) is 0 Å².